The zero-order valence-electron chi connectivity index (χ0n) is 11.5. The van der Waals surface area contributed by atoms with E-state index in [1.54, 1.807) is 11.7 Å². The van der Waals surface area contributed by atoms with Gasteiger partial charge in [-0.1, -0.05) is 25.4 Å². The van der Waals surface area contributed by atoms with Crippen LogP contribution in [0.3, 0.4) is 0 Å². The molecule has 1 aromatic rings. The van der Waals surface area contributed by atoms with Crippen molar-refractivity contribution in [2.24, 2.45) is 7.05 Å². The van der Waals surface area contributed by atoms with Gasteiger partial charge in [0.1, 0.15) is 10.0 Å². The fourth-order valence-corrected chi connectivity index (χ4v) is 7.70. The molecule has 0 radical (unpaired) electrons. The van der Waals surface area contributed by atoms with Crippen molar-refractivity contribution in [3.05, 3.63) is 5.02 Å². The van der Waals surface area contributed by atoms with Crippen LogP contribution in [0.25, 0.3) is 0 Å². The Labute approximate surface area is 125 Å². The van der Waals surface area contributed by atoms with Crippen LogP contribution in [-0.4, -0.2) is 37.7 Å². The van der Waals surface area contributed by atoms with Crippen molar-refractivity contribution in [1.82, 2.24) is 9.78 Å². The lowest BCUT2D eigenvalue weighted by atomic mass is 10.7. The lowest BCUT2D eigenvalue weighted by Crippen LogP contribution is -2.15. The van der Waals surface area contributed by atoms with Gasteiger partial charge in [0.05, 0.1) is 6.61 Å². The summed E-state index contributed by atoms with van der Waals surface area (Å²) in [7, 11) is 0.799. The van der Waals surface area contributed by atoms with Gasteiger partial charge in [-0.3, -0.25) is 4.68 Å². The second-order valence-electron chi connectivity index (χ2n) is 3.56. The van der Waals surface area contributed by atoms with Crippen molar-refractivity contribution >= 4 is 45.6 Å². The Kier molecular flexibility index (Phi) is 6.93. The summed E-state index contributed by atoms with van der Waals surface area (Å²) in [5, 5.41) is 5.28. The number of aryl methyl sites for hydroxylation is 1. The van der Waals surface area contributed by atoms with Gasteiger partial charge < -0.3 is 14.0 Å². The van der Waals surface area contributed by atoms with Crippen molar-refractivity contribution in [1.29, 1.82) is 0 Å². The SMILES string of the molecule is CCOS(CC)=P(O)(O)c1nn(C)c(SCC)c1Cl. The van der Waals surface area contributed by atoms with E-state index in [-0.39, 0.29) is 5.44 Å². The number of thioether (sulfide) groups is 1. The molecule has 0 fully saturated rings. The highest BCUT2D eigenvalue weighted by atomic mass is 35.5. The first-order valence-electron chi connectivity index (χ1n) is 5.95. The summed E-state index contributed by atoms with van der Waals surface area (Å²) in [4.78, 5) is 20.9. The number of hydrogen-bond donors (Lipinski definition) is 2. The highest BCUT2D eigenvalue weighted by molar-refractivity contribution is 8.29. The minimum atomic E-state index is -3.46. The molecule has 0 bridgehead atoms. The first-order valence-corrected chi connectivity index (χ1v) is 10.9. The molecule has 0 aliphatic carbocycles. The van der Waals surface area contributed by atoms with Crippen LogP contribution >= 0.6 is 29.9 Å². The number of nitrogens with zero attached hydrogens (tertiary/aromatic N) is 2. The molecular formula is C10H20ClN2O3PS2. The molecule has 19 heavy (non-hydrogen) atoms. The van der Waals surface area contributed by atoms with Crippen molar-refractivity contribution < 1.29 is 14.0 Å². The molecule has 2 N–H and O–H groups in total. The number of rotatable bonds is 6. The van der Waals surface area contributed by atoms with Gasteiger partial charge in [-0.25, -0.2) is 0 Å². The van der Waals surface area contributed by atoms with Crippen molar-refractivity contribution in [2.75, 3.05) is 18.1 Å². The Morgan fingerprint density at radius 3 is 2.53 bits per heavy atom. The fourth-order valence-electron chi connectivity index (χ4n) is 1.52. The summed E-state index contributed by atoms with van der Waals surface area (Å²) in [6.45, 7) is 2.66. The number of hydrogen-bond acceptors (Lipinski definition) is 3. The molecule has 5 nitrogen and oxygen atoms in total. The average molecular weight is 347 g/mol. The summed E-state index contributed by atoms with van der Waals surface area (Å²) in [5.41, 5.74) is 0.172. The van der Waals surface area contributed by atoms with Crippen LogP contribution in [0.4, 0.5) is 0 Å². The Morgan fingerprint density at radius 1 is 1.42 bits per heavy atom. The first kappa shape index (κ1) is 17.6. The van der Waals surface area contributed by atoms with Gasteiger partial charge >= 0.3 is 0 Å². The Hall–Kier alpha value is 0.510. The molecule has 1 atom stereocenters. The van der Waals surface area contributed by atoms with E-state index in [4.69, 9.17) is 15.8 Å². The molecule has 1 rings (SSSR count). The average Bonchev–Trinajstić information content (AvgIpc) is 2.64. The van der Waals surface area contributed by atoms with Gasteiger partial charge in [-0.05, 0) is 23.0 Å². The second kappa shape index (κ2) is 7.50. The molecule has 0 aliphatic heterocycles. The summed E-state index contributed by atoms with van der Waals surface area (Å²) >= 11 is 7.77. The smallest absolute Gasteiger partial charge is 0.220 e. The maximum absolute atomic E-state index is 10.4. The first-order chi connectivity index (χ1) is 8.89. The molecule has 112 valence electrons. The molecule has 0 saturated heterocycles. The minimum Gasteiger partial charge on any atom is -0.343 e. The van der Waals surface area contributed by atoms with Crippen molar-refractivity contribution in [3.63, 3.8) is 0 Å². The van der Waals surface area contributed by atoms with E-state index in [9.17, 15) is 9.79 Å². The van der Waals surface area contributed by atoms with Crippen molar-refractivity contribution in [2.45, 2.75) is 25.8 Å². The number of halogens is 1. The topological polar surface area (TPSA) is 67.5 Å². The van der Waals surface area contributed by atoms with E-state index >= 15 is 0 Å². The predicted molar refractivity (Wildman–Crippen MR) is 85.1 cm³/mol. The van der Waals surface area contributed by atoms with Gasteiger partial charge in [0, 0.05) is 12.8 Å². The fraction of sp³-hybridized carbons (Fsp3) is 0.700. The zero-order valence-corrected chi connectivity index (χ0v) is 14.7. The van der Waals surface area contributed by atoms with Crippen LogP contribution in [0.2, 0.25) is 5.02 Å². The maximum atomic E-state index is 10.4. The Bertz CT molecular complexity index is 501. The molecule has 0 spiro atoms. The third-order valence-corrected chi connectivity index (χ3v) is 9.64. The third-order valence-electron chi connectivity index (χ3n) is 2.26. The van der Waals surface area contributed by atoms with Crippen LogP contribution in [0.1, 0.15) is 20.8 Å². The second-order valence-corrected chi connectivity index (χ2v) is 10.9. The Morgan fingerprint density at radius 2 is 2.05 bits per heavy atom. The number of aromatic nitrogens is 2. The highest BCUT2D eigenvalue weighted by Gasteiger charge is 2.28. The lowest BCUT2D eigenvalue weighted by molar-refractivity contribution is 0.392. The normalized spacial score (nSPS) is 13.8. The van der Waals surface area contributed by atoms with E-state index in [1.807, 2.05) is 20.8 Å². The predicted octanol–water partition coefficient (Wildman–Crippen LogP) is 2.15. The van der Waals surface area contributed by atoms with Crippen LogP contribution in [-0.2, 0) is 21.6 Å². The molecule has 9 heteroatoms. The molecule has 1 unspecified atom stereocenters. The summed E-state index contributed by atoms with van der Waals surface area (Å²) in [6.07, 6.45) is 0. The summed E-state index contributed by atoms with van der Waals surface area (Å²) in [6, 6.07) is 0. The third kappa shape index (κ3) is 3.79. The van der Waals surface area contributed by atoms with E-state index in [1.165, 1.54) is 11.8 Å². The van der Waals surface area contributed by atoms with Gasteiger partial charge in [0.15, 0.2) is 5.44 Å². The molecular weight excluding hydrogens is 327 g/mol. The van der Waals surface area contributed by atoms with E-state index in [0.717, 1.165) is 10.8 Å². The van der Waals surface area contributed by atoms with Gasteiger partial charge in [0.25, 0.3) is 0 Å². The minimum absolute atomic E-state index is 0.172. The largest absolute Gasteiger partial charge is 0.343 e. The van der Waals surface area contributed by atoms with Gasteiger partial charge in [0.2, 0.25) is 6.49 Å². The van der Waals surface area contributed by atoms with Gasteiger partial charge in [-0.15, -0.1) is 11.8 Å². The molecule has 0 aliphatic rings. The summed E-state index contributed by atoms with van der Waals surface area (Å²) in [5.74, 6) is 1.36. The lowest BCUT2D eigenvalue weighted by Gasteiger charge is -2.17. The maximum Gasteiger partial charge on any atom is 0.220 e. The van der Waals surface area contributed by atoms with Crippen LogP contribution in [0.5, 0.6) is 0 Å². The molecule has 0 saturated carbocycles. The standard InChI is InChI=1S/C10H20ClN2O3PS2/c1-5-16-19(7-3)17(14,15)9-8(11)10(18-6-2)13(4)12-9/h14-15H,5-7H2,1-4H3. The van der Waals surface area contributed by atoms with E-state index < -0.39 is 16.8 Å². The molecule has 0 aromatic carbocycles. The molecule has 1 heterocycles. The highest BCUT2D eigenvalue weighted by Crippen LogP contribution is 2.44. The molecule has 1 aromatic heterocycles. The zero-order chi connectivity index (χ0) is 14.6. The van der Waals surface area contributed by atoms with Gasteiger partial charge in [-0.2, -0.15) is 5.10 Å². The van der Waals surface area contributed by atoms with Crippen LogP contribution < -0.4 is 5.44 Å². The molecule has 0 amide bonds. The van der Waals surface area contributed by atoms with Crippen molar-refractivity contribution in [3.8, 4) is 0 Å². The Balaban J connectivity index is 3.40. The van der Waals surface area contributed by atoms with E-state index in [0.29, 0.717) is 17.4 Å². The van der Waals surface area contributed by atoms with Crippen LogP contribution in [0.15, 0.2) is 5.03 Å². The monoisotopic (exact) mass is 346 g/mol. The summed E-state index contributed by atoms with van der Waals surface area (Å²) < 4.78 is 7.03. The van der Waals surface area contributed by atoms with Crippen LogP contribution in [0, 0.1) is 0 Å². The van der Waals surface area contributed by atoms with E-state index in [2.05, 4.69) is 5.10 Å². The quantitative estimate of drug-likeness (QED) is 0.610.